The zero-order valence-electron chi connectivity index (χ0n) is 13.6. The first-order chi connectivity index (χ1) is 11.6. The van der Waals surface area contributed by atoms with Gasteiger partial charge in [-0.05, 0) is 35.4 Å². The molecule has 0 spiro atoms. The summed E-state index contributed by atoms with van der Waals surface area (Å²) in [4.78, 5) is 19.7. The van der Waals surface area contributed by atoms with E-state index in [2.05, 4.69) is 9.78 Å². The minimum atomic E-state index is -4.64. The number of halogens is 3. The average molecular weight is 354 g/mol. The zero-order chi connectivity index (χ0) is 18.7. The van der Waals surface area contributed by atoms with Crippen LogP contribution in [0.15, 0.2) is 48.5 Å². The van der Waals surface area contributed by atoms with E-state index in [4.69, 9.17) is 0 Å². The number of alkyl halides is 3. The molecule has 134 valence electrons. The maximum atomic E-state index is 12.0. The van der Waals surface area contributed by atoms with E-state index >= 15 is 0 Å². The van der Waals surface area contributed by atoms with Crippen LogP contribution >= 0.6 is 0 Å². The predicted octanol–water partition coefficient (Wildman–Crippen LogP) is 4.51. The second-order valence-electron chi connectivity index (χ2n) is 6.03. The van der Waals surface area contributed by atoms with E-state index in [1.54, 1.807) is 36.4 Å². The van der Waals surface area contributed by atoms with Crippen molar-refractivity contribution >= 4 is 5.97 Å². The summed E-state index contributed by atoms with van der Waals surface area (Å²) in [6.45, 7) is 3.97. The number of aromatic hydroxyl groups is 1. The third-order valence-corrected chi connectivity index (χ3v) is 3.74. The van der Waals surface area contributed by atoms with Gasteiger partial charge in [0.2, 0.25) is 0 Å². The molecule has 0 radical (unpaired) electrons. The lowest BCUT2D eigenvalue weighted by Gasteiger charge is -2.26. The third kappa shape index (κ3) is 5.14. The molecular weight excluding hydrogens is 337 g/mol. The van der Waals surface area contributed by atoms with Gasteiger partial charge in [0.05, 0.1) is 0 Å². The van der Waals surface area contributed by atoms with Crippen LogP contribution in [-0.4, -0.2) is 17.3 Å². The predicted molar refractivity (Wildman–Crippen MR) is 84.1 cm³/mol. The molecule has 0 atom stereocenters. The Labute approximate surface area is 142 Å². The highest BCUT2D eigenvalue weighted by molar-refractivity contribution is 5.69. The molecule has 2 aromatic carbocycles. The summed E-state index contributed by atoms with van der Waals surface area (Å²) >= 11 is 0. The number of carbonyl (C=O) groups excluding carboxylic acids is 1. The number of phenolic OH excluding ortho intramolecular Hbond substituents is 1. The summed E-state index contributed by atoms with van der Waals surface area (Å²) in [5.74, 6) is -1.23. The van der Waals surface area contributed by atoms with Gasteiger partial charge in [0.1, 0.15) is 12.2 Å². The van der Waals surface area contributed by atoms with E-state index in [9.17, 15) is 23.1 Å². The van der Waals surface area contributed by atoms with Crippen molar-refractivity contribution in [1.82, 2.24) is 0 Å². The van der Waals surface area contributed by atoms with Crippen molar-refractivity contribution in [1.29, 1.82) is 0 Å². The molecule has 0 fully saturated rings. The van der Waals surface area contributed by atoms with Crippen molar-refractivity contribution in [2.24, 2.45) is 0 Å². The highest BCUT2D eigenvalue weighted by atomic mass is 19.4. The Balaban J connectivity index is 2.04. The first-order valence-corrected chi connectivity index (χ1v) is 7.42. The molecule has 0 aliphatic heterocycles. The van der Waals surface area contributed by atoms with Crippen LogP contribution in [0.2, 0.25) is 0 Å². The van der Waals surface area contributed by atoms with Gasteiger partial charge in [-0.2, -0.15) is 13.2 Å². The standard InChI is InChI=1S/C18H17F3O4/c1-17(2,12-3-7-14(22)8-4-12)13-5-9-15(10-6-13)24-25-16(23)11-18(19,20)21/h3-10,22H,11H2,1-2H3. The topological polar surface area (TPSA) is 55.8 Å². The molecule has 0 aliphatic rings. The smallest absolute Gasteiger partial charge is 0.399 e. The van der Waals surface area contributed by atoms with Crippen LogP contribution in [0.1, 0.15) is 31.4 Å². The van der Waals surface area contributed by atoms with Crippen molar-refractivity contribution in [3.05, 3.63) is 59.7 Å². The first-order valence-electron chi connectivity index (χ1n) is 7.42. The molecule has 0 unspecified atom stereocenters. The van der Waals surface area contributed by atoms with Gasteiger partial charge >= 0.3 is 12.1 Å². The highest BCUT2D eigenvalue weighted by Gasteiger charge is 2.33. The van der Waals surface area contributed by atoms with Gasteiger partial charge in [-0.25, -0.2) is 4.79 Å². The number of benzene rings is 2. The van der Waals surface area contributed by atoms with Crippen molar-refractivity contribution in [2.75, 3.05) is 0 Å². The van der Waals surface area contributed by atoms with Gasteiger partial charge in [0, 0.05) is 5.41 Å². The second kappa shape index (κ2) is 7.04. The average Bonchev–Trinajstić information content (AvgIpc) is 2.52. The fourth-order valence-electron chi connectivity index (χ4n) is 2.26. The van der Waals surface area contributed by atoms with Crippen LogP contribution in [0, 0.1) is 0 Å². The summed E-state index contributed by atoms with van der Waals surface area (Å²) in [5.41, 5.74) is 1.50. The van der Waals surface area contributed by atoms with Gasteiger partial charge in [-0.1, -0.05) is 38.1 Å². The van der Waals surface area contributed by atoms with Gasteiger partial charge < -0.3 is 5.11 Å². The molecule has 0 saturated carbocycles. The molecule has 2 rings (SSSR count). The highest BCUT2D eigenvalue weighted by Crippen LogP contribution is 2.33. The van der Waals surface area contributed by atoms with E-state index in [1.807, 2.05) is 13.8 Å². The van der Waals surface area contributed by atoms with Crippen LogP contribution in [0.25, 0.3) is 0 Å². The SMILES string of the molecule is CC(C)(c1ccc(O)cc1)c1ccc(OOC(=O)CC(F)(F)F)cc1. The van der Waals surface area contributed by atoms with E-state index in [0.717, 1.165) is 11.1 Å². The van der Waals surface area contributed by atoms with Crippen LogP contribution < -0.4 is 4.89 Å². The quantitative estimate of drug-likeness (QED) is 0.634. The molecule has 0 amide bonds. The Morgan fingerprint density at radius 2 is 1.44 bits per heavy atom. The molecule has 25 heavy (non-hydrogen) atoms. The second-order valence-corrected chi connectivity index (χ2v) is 6.03. The molecule has 0 bridgehead atoms. The molecule has 2 aromatic rings. The minimum absolute atomic E-state index is 0.112. The third-order valence-electron chi connectivity index (χ3n) is 3.74. The Kier molecular flexibility index (Phi) is 5.25. The summed E-state index contributed by atoms with van der Waals surface area (Å²) < 4.78 is 36.1. The Morgan fingerprint density at radius 1 is 0.960 bits per heavy atom. The number of hydrogen-bond donors (Lipinski definition) is 1. The van der Waals surface area contributed by atoms with E-state index in [0.29, 0.717) is 0 Å². The number of phenols is 1. The summed E-state index contributed by atoms with van der Waals surface area (Å²) in [7, 11) is 0. The van der Waals surface area contributed by atoms with Gasteiger partial charge in [0.15, 0.2) is 5.75 Å². The molecular formula is C18H17F3O4. The minimum Gasteiger partial charge on any atom is -0.508 e. The fraction of sp³-hybridized carbons (Fsp3) is 0.278. The summed E-state index contributed by atoms with van der Waals surface area (Å²) in [6, 6.07) is 13.2. The Bertz CT molecular complexity index is 719. The molecule has 0 aromatic heterocycles. The monoisotopic (exact) mass is 354 g/mol. The lowest BCUT2D eigenvalue weighted by Crippen LogP contribution is -2.19. The number of hydrogen-bond acceptors (Lipinski definition) is 4. The van der Waals surface area contributed by atoms with Crippen molar-refractivity contribution in [3.8, 4) is 11.5 Å². The zero-order valence-corrected chi connectivity index (χ0v) is 13.6. The molecule has 7 heteroatoms. The van der Waals surface area contributed by atoms with Gasteiger partial charge in [-0.15, -0.1) is 0 Å². The number of rotatable bonds is 5. The maximum absolute atomic E-state index is 12.0. The lowest BCUT2D eigenvalue weighted by molar-refractivity contribution is -0.227. The van der Waals surface area contributed by atoms with Crippen molar-refractivity contribution in [2.45, 2.75) is 31.9 Å². The first kappa shape index (κ1) is 18.6. The van der Waals surface area contributed by atoms with Gasteiger partial charge in [0.25, 0.3) is 0 Å². The largest absolute Gasteiger partial charge is 0.508 e. The molecule has 0 heterocycles. The van der Waals surface area contributed by atoms with Crippen molar-refractivity contribution < 1.29 is 32.8 Å². The van der Waals surface area contributed by atoms with E-state index < -0.39 is 18.6 Å². The van der Waals surface area contributed by atoms with E-state index in [1.165, 1.54) is 12.1 Å². The maximum Gasteiger partial charge on any atom is 0.399 e. The van der Waals surface area contributed by atoms with Gasteiger partial charge in [-0.3, -0.25) is 9.78 Å². The van der Waals surface area contributed by atoms with Crippen LogP contribution in [0.3, 0.4) is 0 Å². The Morgan fingerprint density at radius 3 is 1.92 bits per heavy atom. The number of carbonyl (C=O) groups is 1. The van der Waals surface area contributed by atoms with Crippen LogP contribution in [0.5, 0.6) is 11.5 Å². The van der Waals surface area contributed by atoms with Crippen LogP contribution in [0.4, 0.5) is 13.2 Å². The lowest BCUT2D eigenvalue weighted by atomic mass is 9.78. The normalized spacial score (nSPS) is 11.9. The summed E-state index contributed by atoms with van der Waals surface area (Å²) in [5, 5.41) is 9.38. The molecule has 0 saturated heterocycles. The molecule has 4 nitrogen and oxygen atoms in total. The fourth-order valence-corrected chi connectivity index (χ4v) is 2.26. The Hall–Kier alpha value is -2.70. The van der Waals surface area contributed by atoms with E-state index in [-0.39, 0.29) is 16.9 Å². The molecule has 0 aliphatic carbocycles. The van der Waals surface area contributed by atoms with Crippen molar-refractivity contribution in [3.63, 3.8) is 0 Å². The molecule has 1 N–H and O–H groups in total. The van der Waals surface area contributed by atoms with Crippen LogP contribution in [-0.2, 0) is 15.1 Å². The summed E-state index contributed by atoms with van der Waals surface area (Å²) in [6.07, 6.45) is -6.35.